The molecule has 0 radical (unpaired) electrons. The van der Waals surface area contributed by atoms with Crippen LogP contribution in [0.15, 0.2) is 30.3 Å². The molecule has 0 aliphatic carbocycles. The molecule has 148 valence electrons. The third kappa shape index (κ3) is 5.29. The number of ether oxygens (including phenoxy) is 1. The maximum absolute atomic E-state index is 6.71. The zero-order chi connectivity index (χ0) is 20.1. The molecule has 1 unspecified atom stereocenters. The van der Waals surface area contributed by atoms with Gasteiger partial charge in [0.2, 0.25) is 0 Å². The molecule has 2 aromatic rings. The first-order valence-corrected chi connectivity index (χ1v) is 10.7. The average Bonchev–Trinajstić information content (AvgIpc) is 2.58. The van der Waals surface area contributed by atoms with Gasteiger partial charge in [0.15, 0.2) is 0 Å². The number of benzene rings is 2. The first-order valence-electron chi connectivity index (χ1n) is 10.3. The van der Waals surface area contributed by atoms with Crippen molar-refractivity contribution in [1.82, 2.24) is 0 Å². The second kappa shape index (κ2) is 9.64. The van der Waals surface area contributed by atoms with Crippen molar-refractivity contribution in [3.05, 3.63) is 58.1 Å². The van der Waals surface area contributed by atoms with Crippen LogP contribution in [-0.4, -0.2) is 0 Å². The van der Waals surface area contributed by atoms with Crippen LogP contribution in [0.1, 0.15) is 74.7 Å². The first kappa shape index (κ1) is 21.8. The van der Waals surface area contributed by atoms with Crippen molar-refractivity contribution in [1.29, 1.82) is 0 Å². The van der Waals surface area contributed by atoms with Gasteiger partial charge in [-0.3, -0.25) is 0 Å². The van der Waals surface area contributed by atoms with Crippen molar-refractivity contribution in [2.75, 3.05) is 0 Å². The Labute approximate surface area is 171 Å². The van der Waals surface area contributed by atoms with E-state index in [-0.39, 0.29) is 5.38 Å². The fourth-order valence-corrected chi connectivity index (χ4v) is 4.30. The summed E-state index contributed by atoms with van der Waals surface area (Å²) in [5.41, 5.74) is 6.67. The molecule has 1 nitrogen and oxygen atoms in total. The summed E-state index contributed by atoms with van der Waals surface area (Å²) < 4.78 is 6.53. The molecule has 0 heterocycles. The predicted octanol–water partition coefficient (Wildman–Crippen LogP) is 8.05. The van der Waals surface area contributed by atoms with E-state index in [2.05, 4.69) is 48.5 Å². The monoisotopic (exact) mass is 386 g/mol. The Morgan fingerprint density at radius 3 is 1.89 bits per heavy atom. The Balaban J connectivity index is 2.79. The Morgan fingerprint density at radius 2 is 1.41 bits per heavy atom. The van der Waals surface area contributed by atoms with Gasteiger partial charge in [0, 0.05) is 0 Å². The number of rotatable bonds is 8. The van der Waals surface area contributed by atoms with Gasteiger partial charge in [-0.15, -0.1) is 11.6 Å². The van der Waals surface area contributed by atoms with E-state index >= 15 is 0 Å². The van der Waals surface area contributed by atoms with Crippen LogP contribution in [0, 0.1) is 18.8 Å². The summed E-state index contributed by atoms with van der Waals surface area (Å²) in [6.45, 7) is 15.6. The van der Waals surface area contributed by atoms with E-state index in [0.717, 1.165) is 30.8 Å². The minimum Gasteiger partial charge on any atom is -0.457 e. The predicted molar refractivity (Wildman–Crippen MR) is 118 cm³/mol. The molecule has 0 spiro atoms. The third-order valence-corrected chi connectivity index (χ3v) is 5.25. The summed E-state index contributed by atoms with van der Waals surface area (Å²) in [6.07, 6.45) is 2.98. The largest absolute Gasteiger partial charge is 0.457 e. The molecule has 0 N–H and O–H groups in total. The summed E-state index contributed by atoms with van der Waals surface area (Å²) in [5.74, 6) is 3.09. The minimum absolute atomic E-state index is 0.000683. The van der Waals surface area contributed by atoms with Gasteiger partial charge in [0.25, 0.3) is 0 Å². The van der Waals surface area contributed by atoms with E-state index in [1.165, 1.54) is 27.8 Å². The van der Waals surface area contributed by atoms with Gasteiger partial charge in [-0.2, -0.15) is 0 Å². The molecule has 0 aliphatic heterocycles. The normalized spacial score (nSPS) is 12.7. The topological polar surface area (TPSA) is 9.23 Å². The number of halogens is 1. The van der Waals surface area contributed by atoms with Crippen LogP contribution in [0.3, 0.4) is 0 Å². The highest BCUT2D eigenvalue weighted by Gasteiger charge is 2.25. The zero-order valence-electron chi connectivity index (χ0n) is 18.0. The highest BCUT2D eigenvalue weighted by Crippen LogP contribution is 2.42. The highest BCUT2D eigenvalue weighted by molar-refractivity contribution is 6.20. The number of para-hydroxylation sites is 1. The van der Waals surface area contributed by atoms with Crippen LogP contribution in [0.2, 0.25) is 0 Å². The molecule has 2 rings (SSSR count). The van der Waals surface area contributed by atoms with Gasteiger partial charge >= 0.3 is 0 Å². The maximum atomic E-state index is 6.71. The van der Waals surface area contributed by atoms with Gasteiger partial charge in [-0.1, -0.05) is 52.8 Å². The highest BCUT2D eigenvalue weighted by atomic mass is 35.5. The van der Waals surface area contributed by atoms with Crippen LogP contribution in [0.25, 0.3) is 0 Å². The molecule has 2 heteroatoms. The van der Waals surface area contributed by atoms with Crippen LogP contribution in [-0.2, 0) is 19.3 Å². The zero-order valence-corrected chi connectivity index (χ0v) is 18.8. The Morgan fingerprint density at radius 1 is 0.852 bits per heavy atom. The minimum atomic E-state index is 0.000683. The van der Waals surface area contributed by atoms with Gasteiger partial charge in [-0.05, 0) is 84.9 Å². The average molecular weight is 387 g/mol. The summed E-state index contributed by atoms with van der Waals surface area (Å²) >= 11 is 6.71. The van der Waals surface area contributed by atoms with Gasteiger partial charge in [-0.25, -0.2) is 0 Å². The second-order valence-corrected chi connectivity index (χ2v) is 9.04. The Kier molecular flexibility index (Phi) is 7.79. The van der Waals surface area contributed by atoms with Crippen molar-refractivity contribution < 1.29 is 4.74 Å². The number of hydrogen-bond acceptors (Lipinski definition) is 1. The van der Waals surface area contributed by atoms with Crippen molar-refractivity contribution in [3.8, 4) is 11.5 Å². The van der Waals surface area contributed by atoms with E-state index in [9.17, 15) is 0 Å². The Bertz CT molecular complexity index is 745. The molecule has 0 saturated carbocycles. The van der Waals surface area contributed by atoms with Crippen molar-refractivity contribution in [2.24, 2.45) is 11.8 Å². The lowest BCUT2D eigenvalue weighted by molar-refractivity contribution is 0.460. The molecule has 2 aromatic carbocycles. The van der Waals surface area contributed by atoms with E-state index in [1.54, 1.807) is 0 Å². The van der Waals surface area contributed by atoms with Crippen LogP contribution >= 0.6 is 11.6 Å². The molecule has 1 atom stereocenters. The smallest absolute Gasteiger partial charge is 0.134 e. The van der Waals surface area contributed by atoms with E-state index in [0.29, 0.717) is 11.8 Å². The first-order chi connectivity index (χ1) is 12.8. The van der Waals surface area contributed by atoms with E-state index in [1.807, 2.05) is 30.3 Å². The van der Waals surface area contributed by atoms with Crippen LogP contribution in [0.5, 0.6) is 11.5 Å². The van der Waals surface area contributed by atoms with E-state index in [4.69, 9.17) is 16.3 Å². The molecule has 27 heavy (non-hydrogen) atoms. The van der Waals surface area contributed by atoms with Gasteiger partial charge in [0.05, 0.1) is 5.38 Å². The van der Waals surface area contributed by atoms with Crippen molar-refractivity contribution in [2.45, 2.75) is 73.1 Å². The molecule has 0 amide bonds. The lowest BCUT2D eigenvalue weighted by Gasteiger charge is -2.27. The van der Waals surface area contributed by atoms with Crippen molar-refractivity contribution in [3.63, 3.8) is 0 Å². The summed E-state index contributed by atoms with van der Waals surface area (Å²) in [6, 6.07) is 10.2. The standard InChI is InChI=1S/C25H35ClO/c1-8-21-18(6)24(19(7)26)22(14-16(2)3)23(15-17(4)5)25(21)27-20-12-10-9-11-13-20/h9-13,16-17,19H,8,14-15H2,1-7H3. The molecule has 0 aliphatic rings. The molecule has 0 saturated heterocycles. The second-order valence-electron chi connectivity index (χ2n) is 8.38. The lowest BCUT2D eigenvalue weighted by Crippen LogP contribution is -2.13. The fourth-order valence-electron chi connectivity index (χ4n) is 4.00. The molecular formula is C25H35ClO. The SMILES string of the molecule is CCc1c(C)c(C(C)Cl)c(CC(C)C)c(CC(C)C)c1Oc1ccccc1. The van der Waals surface area contributed by atoms with Crippen molar-refractivity contribution >= 4 is 11.6 Å². The van der Waals surface area contributed by atoms with Crippen LogP contribution in [0.4, 0.5) is 0 Å². The molecular weight excluding hydrogens is 352 g/mol. The molecule has 0 bridgehead atoms. The van der Waals surface area contributed by atoms with Gasteiger partial charge < -0.3 is 4.74 Å². The number of hydrogen-bond donors (Lipinski definition) is 0. The summed E-state index contributed by atoms with van der Waals surface area (Å²) in [4.78, 5) is 0. The summed E-state index contributed by atoms with van der Waals surface area (Å²) in [5, 5.41) is 0.000683. The molecule has 0 aromatic heterocycles. The Hall–Kier alpha value is -1.47. The molecule has 0 fully saturated rings. The third-order valence-electron chi connectivity index (χ3n) is 5.03. The van der Waals surface area contributed by atoms with E-state index < -0.39 is 0 Å². The fraction of sp³-hybridized carbons (Fsp3) is 0.520. The van der Waals surface area contributed by atoms with Crippen LogP contribution < -0.4 is 4.74 Å². The number of alkyl halides is 1. The van der Waals surface area contributed by atoms with Gasteiger partial charge in [0.1, 0.15) is 11.5 Å². The maximum Gasteiger partial charge on any atom is 0.134 e. The quantitative estimate of drug-likeness (QED) is 0.417. The lowest BCUT2D eigenvalue weighted by atomic mass is 9.82. The summed E-state index contributed by atoms with van der Waals surface area (Å²) in [7, 11) is 0.